The number of ether oxygens (including phenoxy) is 2. The Balaban J connectivity index is 1.78. The van der Waals surface area contributed by atoms with E-state index >= 15 is 0 Å². The summed E-state index contributed by atoms with van der Waals surface area (Å²) in [5, 5.41) is 0. The van der Waals surface area contributed by atoms with Gasteiger partial charge in [0.1, 0.15) is 5.75 Å². The van der Waals surface area contributed by atoms with Gasteiger partial charge in [0.05, 0.1) is 32.2 Å². The fraction of sp³-hybridized carbons (Fsp3) is 0.500. The highest BCUT2D eigenvalue weighted by Gasteiger charge is 2.30. The molecule has 2 aliphatic rings. The van der Waals surface area contributed by atoms with Crippen molar-refractivity contribution in [3.05, 3.63) is 45.9 Å². The number of rotatable bonds is 4. The van der Waals surface area contributed by atoms with E-state index in [4.69, 9.17) is 14.5 Å². The second-order valence-electron chi connectivity index (χ2n) is 7.23. The van der Waals surface area contributed by atoms with Crippen LogP contribution >= 0.6 is 0 Å². The van der Waals surface area contributed by atoms with E-state index in [9.17, 15) is 4.79 Å². The lowest BCUT2D eigenvalue weighted by Gasteiger charge is -2.39. The van der Waals surface area contributed by atoms with E-state index in [0.29, 0.717) is 24.8 Å². The Morgan fingerprint density at radius 1 is 1.26 bits per heavy atom. The van der Waals surface area contributed by atoms with Crippen molar-refractivity contribution in [3.63, 3.8) is 0 Å². The number of nitrogens with zero attached hydrogens (tertiary/aromatic N) is 4. The third kappa shape index (κ3) is 3.33. The summed E-state index contributed by atoms with van der Waals surface area (Å²) in [6.07, 6.45) is 2.39. The number of anilines is 2. The van der Waals surface area contributed by atoms with Crippen LogP contribution in [-0.2, 0) is 11.4 Å². The molecular weight excluding hydrogens is 344 g/mol. The van der Waals surface area contributed by atoms with Crippen molar-refractivity contribution in [2.75, 3.05) is 31.8 Å². The van der Waals surface area contributed by atoms with Crippen LogP contribution in [0, 0.1) is 13.8 Å². The van der Waals surface area contributed by atoms with Crippen LogP contribution in [0.4, 0.5) is 11.6 Å². The van der Waals surface area contributed by atoms with E-state index in [1.165, 1.54) is 0 Å². The van der Waals surface area contributed by atoms with E-state index in [1.807, 2.05) is 38.1 Å². The normalized spacial score (nSPS) is 20.0. The standard InChI is InChI=1S/C20H26N4O3/c1-14-15(2)21-20-23(17-8-4-5-9-18(17)26-3)12-22(13-24(20)19(14)25)11-16-7-6-10-27-16/h4-5,8-9,16H,6-7,10-13H2,1-3H3/t16-/m0/s1. The summed E-state index contributed by atoms with van der Waals surface area (Å²) in [5.74, 6) is 1.42. The lowest BCUT2D eigenvalue weighted by molar-refractivity contribution is 0.0584. The zero-order chi connectivity index (χ0) is 19.0. The van der Waals surface area contributed by atoms with Crippen LogP contribution < -0.4 is 15.2 Å². The average Bonchev–Trinajstić information content (AvgIpc) is 3.19. The topological polar surface area (TPSA) is 59.8 Å². The smallest absolute Gasteiger partial charge is 0.259 e. The van der Waals surface area contributed by atoms with Crippen molar-refractivity contribution < 1.29 is 9.47 Å². The monoisotopic (exact) mass is 370 g/mol. The van der Waals surface area contributed by atoms with Crippen molar-refractivity contribution in [2.24, 2.45) is 0 Å². The van der Waals surface area contributed by atoms with Gasteiger partial charge in [-0.1, -0.05) is 12.1 Å². The van der Waals surface area contributed by atoms with Crippen molar-refractivity contribution in [1.29, 1.82) is 0 Å². The lowest BCUT2D eigenvalue weighted by atomic mass is 10.2. The van der Waals surface area contributed by atoms with Crippen molar-refractivity contribution in [1.82, 2.24) is 14.5 Å². The van der Waals surface area contributed by atoms with Gasteiger partial charge >= 0.3 is 0 Å². The van der Waals surface area contributed by atoms with Gasteiger partial charge in [-0.05, 0) is 38.8 Å². The van der Waals surface area contributed by atoms with Crippen LogP contribution in [0.15, 0.2) is 29.1 Å². The summed E-state index contributed by atoms with van der Waals surface area (Å²) in [6.45, 7) is 6.50. The summed E-state index contributed by atoms with van der Waals surface area (Å²) in [4.78, 5) is 22.0. The Bertz CT molecular complexity index is 889. The number of methoxy groups -OCH3 is 1. The van der Waals surface area contributed by atoms with Gasteiger partial charge < -0.3 is 9.47 Å². The molecule has 1 saturated heterocycles. The molecule has 27 heavy (non-hydrogen) atoms. The van der Waals surface area contributed by atoms with Gasteiger partial charge in [-0.3, -0.25) is 19.2 Å². The maximum Gasteiger partial charge on any atom is 0.259 e. The fourth-order valence-electron chi connectivity index (χ4n) is 3.81. The summed E-state index contributed by atoms with van der Waals surface area (Å²) >= 11 is 0. The molecule has 0 radical (unpaired) electrons. The molecule has 0 N–H and O–H groups in total. The van der Waals surface area contributed by atoms with Gasteiger partial charge in [-0.25, -0.2) is 4.98 Å². The molecule has 7 heteroatoms. The Kier molecular flexibility index (Phi) is 4.88. The molecular formula is C20H26N4O3. The molecule has 1 fully saturated rings. The van der Waals surface area contributed by atoms with Crippen LogP contribution in [0.3, 0.4) is 0 Å². The summed E-state index contributed by atoms with van der Waals surface area (Å²) < 4.78 is 13.1. The van der Waals surface area contributed by atoms with E-state index < -0.39 is 0 Å². The third-order valence-electron chi connectivity index (χ3n) is 5.40. The summed E-state index contributed by atoms with van der Waals surface area (Å²) in [5.41, 5.74) is 2.37. The minimum atomic E-state index is 0.00874. The number of hydrogen-bond acceptors (Lipinski definition) is 6. The highest BCUT2D eigenvalue weighted by Crippen LogP contribution is 2.34. The van der Waals surface area contributed by atoms with Crippen LogP contribution in [0.5, 0.6) is 5.75 Å². The van der Waals surface area contributed by atoms with E-state index in [0.717, 1.165) is 43.1 Å². The lowest BCUT2D eigenvalue weighted by Crippen LogP contribution is -2.49. The Hall–Kier alpha value is -2.38. The Morgan fingerprint density at radius 2 is 2.07 bits per heavy atom. The molecule has 0 aliphatic carbocycles. The van der Waals surface area contributed by atoms with E-state index in [2.05, 4.69) is 9.80 Å². The van der Waals surface area contributed by atoms with Gasteiger partial charge in [0, 0.05) is 24.4 Å². The predicted octanol–water partition coefficient (Wildman–Crippen LogP) is 2.42. The largest absolute Gasteiger partial charge is 0.495 e. The van der Waals surface area contributed by atoms with Crippen molar-refractivity contribution in [2.45, 2.75) is 39.5 Å². The molecule has 1 atom stereocenters. The Labute approximate surface area is 159 Å². The number of hydrogen-bond donors (Lipinski definition) is 0. The van der Waals surface area contributed by atoms with Crippen LogP contribution in [-0.4, -0.2) is 47.5 Å². The minimum absolute atomic E-state index is 0.00874. The average molecular weight is 370 g/mol. The van der Waals surface area contributed by atoms with Crippen LogP contribution in [0.25, 0.3) is 0 Å². The molecule has 144 valence electrons. The number of fused-ring (bicyclic) bond motifs is 1. The summed E-state index contributed by atoms with van der Waals surface area (Å²) in [6, 6.07) is 7.84. The first kappa shape index (κ1) is 18.0. The fourth-order valence-corrected chi connectivity index (χ4v) is 3.81. The minimum Gasteiger partial charge on any atom is -0.495 e. The number of para-hydroxylation sites is 2. The number of aromatic nitrogens is 2. The zero-order valence-electron chi connectivity index (χ0n) is 16.1. The molecule has 0 bridgehead atoms. The predicted molar refractivity (Wildman–Crippen MR) is 104 cm³/mol. The quantitative estimate of drug-likeness (QED) is 0.824. The molecule has 4 rings (SSSR count). The zero-order valence-corrected chi connectivity index (χ0v) is 16.1. The first-order chi connectivity index (χ1) is 13.1. The molecule has 1 aromatic carbocycles. The van der Waals surface area contributed by atoms with E-state index in [-0.39, 0.29) is 11.7 Å². The second kappa shape index (κ2) is 7.32. The highest BCUT2D eigenvalue weighted by atomic mass is 16.5. The molecule has 0 amide bonds. The molecule has 0 unspecified atom stereocenters. The Morgan fingerprint density at radius 3 is 2.81 bits per heavy atom. The molecule has 7 nitrogen and oxygen atoms in total. The molecule has 1 aromatic heterocycles. The maximum absolute atomic E-state index is 13.0. The number of benzene rings is 1. The molecule has 2 aliphatic heterocycles. The van der Waals surface area contributed by atoms with Gasteiger partial charge in [0.15, 0.2) is 0 Å². The van der Waals surface area contributed by atoms with Gasteiger partial charge in [0.25, 0.3) is 5.56 Å². The SMILES string of the molecule is COc1ccccc1N1CN(C[C@@H]2CCCO2)Cn2c1nc(C)c(C)c2=O. The number of aryl methyl sites for hydroxylation is 1. The molecule has 2 aromatic rings. The highest BCUT2D eigenvalue weighted by molar-refractivity contribution is 5.66. The van der Waals surface area contributed by atoms with Crippen LogP contribution in [0.1, 0.15) is 24.1 Å². The third-order valence-corrected chi connectivity index (χ3v) is 5.40. The van der Waals surface area contributed by atoms with E-state index in [1.54, 1.807) is 11.7 Å². The molecule has 0 spiro atoms. The second-order valence-corrected chi connectivity index (χ2v) is 7.23. The van der Waals surface area contributed by atoms with Gasteiger partial charge in [-0.2, -0.15) is 0 Å². The van der Waals surface area contributed by atoms with Crippen LogP contribution in [0.2, 0.25) is 0 Å². The molecule has 0 saturated carbocycles. The molecule has 3 heterocycles. The first-order valence-corrected chi connectivity index (χ1v) is 9.41. The summed E-state index contributed by atoms with van der Waals surface area (Å²) in [7, 11) is 1.66. The van der Waals surface area contributed by atoms with Crippen molar-refractivity contribution in [3.8, 4) is 5.75 Å². The maximum atomic E-state index is 13.0. The first-order valence-electron chi connectivity index (χ1n) is 9.41. The van der Waals surface area contributed by atoms with Crippen molar-refractivity contribution >= 4 is 11.6 Å². The van der Waals surface area contributed by atoms with Gasteiger partial charge in [0.2, 0.25) is 5.95 Å². The van der Waals surface area contributed by atoms with Gasteiger partial charge in [-0.15, -0.1) is 0 Å².